The lowest BCUT2D eigenvalue weighted by atomic mass is 10.2. The van der Waals surface area contributed by atoms with Crippen LogP contribution in [0.2, 0.25) is 0 Å². The van der Waals surface area contributed by atoms with Gasteiger partial charge in [-0.2, -0.15) is 0 Å². The fraction of sp³-hybridized carbons (Fsp3) is 0.400. The first-order valence-electron chi connectivity index (χ1n) is 6.98. The van der Waals surface area contributed by atoms with Gasteiger partial charge in [-0.1, -0.05) is 0 Å². The molecule has 7 nitrogen and oxygen atoms in total. The fourth-order valence-corrected chi connectivity index (χ4v) is 1.85. The molecule has 0 bridgehead atoms. The van der Waals surface area contributed by atoms with Gasteiger partial charge in [0.25, 0.3) is 0 Å². The molecule has 0 aliphatic carbocycles. The van der Waals surface area contributed by atoms with Crippen molar-refractivity contribution in [2.24, 2.45) is 4.99 Å². The van der Waals surface area contributed by atoms with E-state index in [9.17, 15) is 0 Å². The fourth-order valence-electron chi connectivity index (χ4n) is 1.85. The maximum atomic E-state index is 5.52. The van der Waals surface area contributed by atoms with Crippen molar-refractivity contribution in [1.29, 1.82) is 0 Å². The van der Waals surface area contributed by atoms with Crippen molar-refractivity contribution in [3.63, 3.8) is 0 Å². The zero-order chi connectivity index (χ0) is 15.9. The van der Waals surface area contributed by atoms with Gasteiger partial charge < -0.3 is 19.8 Å². The van der Waals surface area contributed by atoms with Crippen LogP contribution in [0, 0.1) is 13.8 Å². The zero-order valence-corrected chi connectivity index (χ0v) is 13.3. The van der Waals surface area contributed by atoms with Crippen molar-refractivity contribution < 1.29 is 9.15 Å². The van der Waals surface area contributed by atoms with Crippen LogP contribution in [0.3, 0.4) is 0 Å². The summed E-state index contributed by atoms with van der Waals surface area (Å²) in [5, 5.41) is 6.38. The summed E-state index contributed by atoms with van der Waals surface area (Å²) in [6.45, 7) is 4.91. The molecule has 0 amide bonds. The lowest BCUT2D eigenvalue weighted by Crippen LogP contribution is -2.36. The first-order valence-corrected chi connectivity index (χ1v) is 6.98. The minimum Gasteiger partial charge on any atom is -0.481 e. The second kappa shape index (κ2) is 7.44. The highest BCUT2D eigenvalue weighted by Crippen LogP contribution is 2.09. The molecular weight excluding hydrogens is 282 g/mol. The van der Waals surface area contributed by atoms with E-state index in [4.69, 9.17) is 9.15 Å². The second-order valence-electron chi connectivity index (χ2n) is 4.73. The summed E-state index contributed by atoms with van der Waals surface area (Å²) in [6, 6.07) is 3.80. The highest BCUT2D eigenvalue weighted by atomic mass is 16.5. The van der Waals surface area contributed by atoms with E-state index in [-0.39, 0.29) is 0 Å². The van der Waals surface area contributed by atoms with Gasteiger partial charge in [-0.15, -0.1) is 0 Å². The number of methoxy groups -OCH3 is 1. The molecule has 118 valence electrons. The lowest BCUT2D eigenvalue weighted by Gasteiger charge is -2.11. The molecule has 2 aromatic rings. The Bertz CT molecular complexity index is 632. The number of rotatable bonds is 5. The summed E-state index contributed by atoms with van der Waals surface area (Å²) in [4.78, 5) is 12.6. The Kier molecular flexibility index (Phi) is 5.35. The average molecular weight is 303 g/mol. The molecule has 0 unspecified atom stereocenters. The number of nitrogens with one attached hydrogen (secondary N) is 2. The normalized spacial score (nSPS) is 11.4. The van der Waals surface area contributed by atoms with Crippen molar-refractivity contribution in [3.05, 3.63) is 41.2 Å². The van der Waals surface area contributed by atoms with Crippen LogP contribution < -0.4 is 15.4 Å². The van der Waals surface area contributed by atoms with Gasteiger partial charge in [0, 0.05) is 25.9 Å². The molecule has 0 radical (unpaired) electrons. The maximum Gasteiger partial charge on any atom is 0.214 e. The maximum absolute atomic E-state index is 5.52. The van der Waals surface area contributed by atoms with Crippen LogP contribution in [0.1, 0.15) is 22.9 Å². The van der Waals surface area contributed by atoms with E-state index in [1.165, 1.54) is 0 Å². The van der Waals surface area contributed by atoms with Crippen molar-refractivity contribution in [3.8, 4) is 5.88 Å². The van der Waals surface area contributed by atoms with E-state index < -0.39 is 0 Å². The summed E-state index contributed by atoms with van der Waals surface area (Å²) in [6.07, 6.45) is 1.71. The standard InChI is InChI=1S/C15H21N5O2/c1-10-11(2)22-14(20-10)9-19-15(16-3)18-8-12-5-6-17-13(7-12)21-4/h5-7H,8-9H2,1-4H3,(H2,16,18,19). The van der Waals surface area contributed by atoms with E-state index in [2.05, 4.69) is 25.6 Å². The van der Waals surface area contributed by atoms with Crippen LogP contribution in [0.4, 0.5) is 0 Å². The van der Waals surface area contributed by atoms with Crippen LogP contribution in [0.5, 0.6) is 5.88 Å². The minimum absolute atomic E-state index is 0.480. The lowest BCUT2D eigenvalue weighted by molar-refractivity contribution is 0.397. The zero-order valence-electron chi connectivity index (χ0n) is 13.3. The number of aliphatic imine (C=N–C) groups is 1. The minimum atomic E-state index is 0.480. The average Bonchev–Trinajstić information content (AvgIpc) is 2.86. The molecule has 2 rings (SSSR count). The number of aryl methyl sites for hydroxylation is 2. The molecule has 0 spiro atoms. The number of nitrogens with zero attached hydrogens (tertiary/aromatic N) is 3. The highest BCUT2D eigenvalue weighted by molar-refractivity contribution is 5.79. The number of aromatic nitrogens is 2. The first-order chi connectivity index (χ1) is 10.6. The number of pyridine rings is 1. The molecule has 0 aliphatic rings. The predicted octanol–water partition coefficient (Wildman–Crippen LogP) is 1.56. The summed E-state index contributed by atoms with van der Waals surface area (Å²) < 4.78 is 10.6. The highest BCUT2D eigenvalue weighted by Gasteiger charge is 2.06. The van der Waals surface area contributed by atoms with Crippen molar-refractivity contribution in [1.82, 2.24) is 20.6 Å². The predicted molar refractivity (Wildman–Crippen MR) is 83.8 cm³/mol. The largest absolute Gasteiger partial charge is 0.481 e. The number of ether oxygens (including phenoxy) is 1. The SMILES string of the molecule is CN=C(NCc1ccnc(OC)c1)NCc1nc(C)c(C)o1. The molecule has 7 heteroatoms. The molecule has 0 saturated heterocycles. The van der Waals surface area contributed by atoms with Crippen LogP contribution in [-0.2, 0) is 13.1 Å². The van der Waals surface area contributed by atoms with Gasteiger partial charge in [0.15, 0.2) is 5.96 Å². The third-order valence-electron chi connectivity index (χ3n) is 3.17. The summed E-state index contributed by atoms with van der Waals surface area (Å²) >= 11 is 0. The third-order valence-corrected chi connectivity index (χ3v) is 3.17. The van der Waals surface area contributed by atoms with E-state index in [0.717, 1.165) is 17.0 Å². The number of hydrogen-bond donors (Lipinski definition) is 2. The van der Waals surface area contributed by atoms with Crippen LogP contribution >= 0.6 is 0 Å². The number of hydrogen-bond acceptors (Lipinski definition) is 5. The quantitative estimate of drug-likeness (QED) is 0.644. The Morgan fingerprint density at radius 3 is 2.73 bits per heavy atom. The topological polar surface area (TPSA) is 84.6 Å². The van der Waals surface area contributed by atoms with Gasteiger partial charge in [-0.25, -0.2) is 9.97 Å². The molecule has 2 aromatic heterocycles. The molecule has 0 saturated carbocycles. The van der Waals surface area contributed by atoms with Crippen LogP contribution in [-0.4, -0.2) is 30.1 Å². The van der Waals surface area contributed by atoms with E-state index in [1.807, 2.05) is 26.0 Å². The smallest absolute Gasteiger partial charge is 0.214 e. The van der Waals surface area contributed by atoms with Gasteiger partial charge in [0.2, 0.25) is 11.8 Å². The molecule has 2 heterocycles. The number of guanidine groups is 1. The van der Waals surface area contributed by atoms with Gasteiger partial charge in [0.05, 0.1) is 19.3 Å². The summed E-state index contributed by atoms with van der Waals surface area (Å²) in [7, 11) is 3.31. The van der Waals surface area contributed by atoms with Crippen molar-refractivity contribution >= 4 is 5.96 Å². The van der Waals surface area contributed by atoms with Gasteiger partial charge in [-0.3, -0.25) is 4.99 Å². The van der Waals surface area contributed by atoms with E-state index in [0.29, 0.717) is 30.8 Å². The van der Waals surface area contributed by atoms with E-state index >= 15 is 0 Å². The molecule has 0 atom stereocenters. The monoisotopic (exact) mass is 303 g/mol. The Labute approximate surface area is 129 Å². The first kappa shape index (κ1) is 15.8. The molecule has 22 heavy (non-hydrogen) atoms. The Morgan fingerprint density at radius 2 is 2.09 bits per heavy atom. The summed E-state index contributed by atoms with van der Waals surface area (Å²) in [5.74, 6) is 2.74. The summed E-state index contributed by atoms with van der Waals surface area (Å²) in [5.41, 5.74) is 1.96. The Morgan fingerprint density at radius 1 is 1.32 bits per heavy atom. The second-order valence-corrected chi connectivity index (χ2v) is 4.73. The molecular formula is C15H21N5O2. The van der Waals surface area contributed by atoms with Gasteiger partial charge in [0.1, 0.15) is 5.76 Å². The van der Waals surface area contributed by atoms with Crippen molar-refractivity contribution in [2.45, 2.75) is 26.9 Å². The van der Waals surface area contributed by atoms with Gasteiger partial charge >= 0.3 is 0 Å². The van der Waals surface area contributed by atoms with E-state index in [1.54, 1.807) is 20.4 Å². The Hall–Kier alpha value is -2.57. The third kappa shape index (κ3) is 4.21. The molecule has 0 aromatic carbocycles. The van der Waals surface area contributed by atoms with Crippen LogP contribution in [0.25, 0.3) is 0 Å². The molecule has 0 aliphatic heterocycles. The Balaban J connectivity index is 1.87. The van der Waals surface area contributed by atoms with Crippen LogP contribution in [0.15, 0.2) is 27.7 Å². The molecule has 2 N–H and O–H groups in total. The molecule has 0 fully saturated rings. The van der Waals surface area contributed by atoms with Crippen molar-refractivity contribution in [2.75, 3.05) is 14.2 Å². The van der Waals surface area contributed by atoms with Gasteiger partial charge in [-0.05, 0) is 25.5 Å². The number of oxazole rings is 1.